The minimum Gasteiger partial charge on any atom is -0.465 e. The van der Waals surface area contributed by atoms with Gasteiger partial charge in [0.05, 0.1) is 6.10 Å². The minimum absolute atomic E-state index is 0.173. The fourth-order valence-corrected chi connectivity index (χ4v) is 2.02. The van der Waals surface area contributed by atoms with Gasteiger partial charge < -0.3 is 15.1 Å². The first-order valence-corrected chi connectivity index (χ1v) is 5.97. The molecule has 1 aromatic carbocycles. The van der Waals surface area contributed by atoms with Crippen LogP contribution in [0.3, 0.4) is 0 Å². The van der Waals surface area contributed by atoms with Crippen LogP contribution in [0.4, 0.5) is 4.79 Å². The van der Waals surface area contributed by atoms with Gasteiger partial charge in [0.2, 0.25) is 0 Å². The molecule has 1 saturated heterocycles. The third-order valence-corrected chi connectivity index (χ3v) is 3.11. The van der Waals surface area contributed by atoms with Gasteiger partial charge in [0.15, 0.2) is 0 Å². The van der Waals surface area contributed by atoms with E-state index >= 15 is 0 Å². The Morgan fingerprint density at radius 2 is 1.89 bits per heavy atom. The highest BCUT2D eigenvalue weighted by Gasteiger charge is 2.23. The first-order valence-electron chi connectivity index (χ1n) is 5.97. The van der Waals surface area contributed by atoms with Crippen LogP contribution >= 0.6 is 0 Å². The summed E-state index contributed by atoms with van der Waals surface area (Å²) in [4.78, 5) is 14.1. The second-order valence-corrected chi connectivity index (χ2v) is 4.80. The Labute approximate surface area is 106 Å². The lowest BCUT2D eigenvalue weighted by molar-refractivity contribution is -0.00286. The zero-order valence-electron chi connectivity index (χ0n) is 10.4. The Morgan fingerprint density at radius 3 is 2.39 bits per heavy atom. The predicted molar refractivity (Wildman–Crippen MR) is 67.2 cm³/mol. The molecular formula is C13H18N2O3. The quantitative estimate of drug-likeness (QED) is 0.836. The Hall–Kier alpha value is -1.59. The third kappa shape index (κ3) is 3.21. The number of amides is 1. The lowest BCUT2D eigenvalue weighted by atomic mass is 10.1. The number of aliphatic hydroxyl groups is 1. The van der Waals surface area contributed by atoms with Crippen molar-refractivity contribution in [3.05, 3.63) is 35.4 Å². The summed E-state index contributed by atoms with van der Waals surface area (Å²) in [6.07, 6.45) is -1.10. The Kier molecular flexibility index (Phi) is 3.84. The highest BCUT2D eigenvalue weighted by molar-refractivity contribution is 5.64. The van der Waals surface area contributed by atoms with Crippen molar-refractivity contribution >= 4 is 6.09 Å². The normalized spacial score (nSPS) is 16.3. The number of β-amino-alcohol motifs (C(OH)–C–C–N with tert-alkyl or cyclic N) is 1. The molecule has 0 spiro atoms. The van der Waals surface area contributed by atoms with Crippen LogP contribution in [0.25, 0.3) is 0 Å². The second-order valence-electron chi connectivity index (χ2n) is 4.80. The molecule has 2 N–H and O–H groups in total. The standard InChI is InChI=1S/C13H18N2O3/c1-14(13(17)18)6-10-2-4-11(5-3-10)7-15-8-12(16)9-15/h2-5,12,16H,6-9H2,1H3,(H,17,18). The van der Waals surface area contributed by atoms with Crippen LogP contribution in [0.1, 0.15) is 11.1 Å². The van der Waals surface area contributed by atoms with Gasteiger partial charge in [0.1, 0.15) is 0 Å². The number of nitrogens with zero attached hydrogens (tertiary/aromatic N) is 2. The molecule has 18 heavy (non-hydrogen) atoms. The third-order valence-electron chi connectivity index (χ3n) is 3.11. The molecule has 1 aromatic rings. The van der Waals surface area contributed by atoms with E-state index in [1.165, 1.54) is 10.5 Å². The largest absolute Gasteiger partial charge is 0.465 e. The summed E-state index contributed by atoms with van der Waals surface area (Å²) in [7, 11) is 1.55. The minimum atomic E-state index is -0.923. The van der Waals surface area contributed by atoms with Crippen LogP contribution in [0.2, 0.25) is 0 Å². The lowest BCUT2D eigenvalue weighted by Crippen LogP contribution is -2.49. The van der Waals surface area contributed by atoms with E-state index < -0.39 is 6.09 Å². The van der Waals surface area contributed by atoms with Crippen LogP contribution < -0.4 is 0 Å². The Balaban J connectivity index is 1.87. The van der Waals surface area contributed by atoms with Gasteiger partial charge in [-0.3, -0.25) is 4.90 Å². The molecule has 2 rings (SSSR count). The van der Waals surface area contributed by atoms with Crippen molar-refractivity contribution < 1.29 is 15.0 Å². The van der Waals surface area contributed by atoms with Crippen LogP contribution in [0.15, 0.2) is 24.3 Å². The van der Waals surface area contributed by atoms with Gasteiger partial charge in [-0.25, -0.2) is 4.79 Å². The van der Waals surface area contributed by atoms with E-state index in [9.17, 15) is 9.90 Å². The maximum atomic E-state index is 10.7. The lowest BCUT2D eigenvalue weighted by Gasteiger charge is -2.35. The molecule has 0 aromatic heterocycles. The van der Waals surface area contributed by atoms with Crippen molar-refractivity contribution in [3.8, 4) is 0 Å². The molecule has 5 nitrogen and oxygen atoms in total. The van der Waals surface area contributed by atoms with Gasteiger partial charge in [-0.05, 0) is 11.1 Å². The van der Waals surface area contributed by atoms with Gasteiger partial charge in [0, 0.05) is 33.2 Å². The number of likely N-dealkylation sites (tertiary alicyclic amines) is 1. The molecule has 0 radical (unpaired) electrons. The molecule has 1 fully saturated rings. The van der Waals surface area contributed by atoms with Gasteiger partial charge in [0.25, 0.3) is 0 Å². The highest BCUT2D eigenvalue weighted by Crippen LogP contribution is 2.14. The molecule has 98 valence electrons. The van der Waals surface area contributed by atoms with Crippen molar-refractivity contribution in [2.75, 3.05) is 20.1 Å². The average molecular weight is 250 g/mol. The number of rotatable bonds is 4. The fraction of sp³-hybridized carbons (Fsp3) is 0.462. The van der Waals surface area contributed by atoms with Gasteiger partial charge in [-0.15, -0.1) is 0 Å². The number of benzene rings is 1. The Morgan fingerprint density at radius 1 is 1.33 bits per heavy atom. The molecule has 1 aliphatic heterocycles. The van der Waals surface area contributed by atoms with E-state index in [1.807, 2.05) is 24.3 Å². The average Bonchev–Trinajstić information content (AvgIpc) is 2.29. The van der Waals surface area contributed by atoms with E-state index in [0.717, 1.165) is 25.2 Å². The molecule has 0 aliphatic carbocycles. The number of carbonyl (C=O) groups is 1. The van der Waals surface area contributed by atoms with Gasteiger partial charge >= 0.3 is 6.09 Å². The van der Waals surface area contributed by atoms with Gasteiger partial charge in [-0.2, -0.15) is 0 Å². The summed E-state index contributed by atoms with van der Waals surface area (Å²) in [6.45, 7) is 2.72. The highest BCUT2D eigenvalue weighted by atomic mass is 16.4. The molecule has 0 atom stereocenters. The molecule has 1 aliphatic rings. The summed E-state index contributed by atoms with van der Waals surface area (Å²) in [6, 6.07) is 7.92. The second kappa shape index (κ2) is 5.37. The maximum absolute atomic E-state index is 10.7. The summed E-state index contributed by atoms with van der Waals surface area (Å²) in [5.74, 6) is 0. The topological polar surface area (TPSA) is 64.0 Å². The number of aliphatic hydroxyl groups excluding tert-OH is 1. The summed E-state index contributed by atoms with van der Waals surface area (Å²) in [5, 5.41) is 18.0. The number of hydrogen-bond acceptors (Lipinski definition) is 3. The van der Waals surface area contributed by atoms with E-state index in [1.54, 1.807) is 7.05 Å². The zero-order valence-corrected chi connectivity index (χ0v) is 10.4. The van der Waals surface area contributed by atoms with E-state index in [2.05, 4.69) is 4.90 Å². The first kappa shape index (κ1) is 12.9. The van der Waals surface area contributed by atoms with Crippen LogP contribution in [0, 0.1) is 0 Å². The SMILES string of the molecule is CN(Cc1ccc(CN2CC(O)C2)cc1)C(=O)O. The zero-order chi connectivity index (χ0) is 13.1. The molecular weight excluding hydrogens is 232 g/mol. The van der Waals surface area contributed by atoms with Crippen LogP contribution in [-0.4, -0.2) is 52.3 Å². The fourth-order valence-electron chi connectivity index (χ4n) is 2.02. The van der Waals surface area contributed by atoms with E-state index in [4.69, 9.17) is 5.11 Å². The van der Waals surface area contributed by atoms with Gasteiger partial charge in [-0.1, -0.05) is 24.3 Å². The molecule has 1 heterocycles. The molecule has 1 amide bonds. The first-order chi connectivity index (χ1) is 8.54. The number of hydrogen-bond donors (Lipinski definition) is 2. The van der Waals surface area contributed by atoms with Crippen molar-refractivity contribution in [3.63, 3.8) is 0 Å². The van der Waals surface area contributed by atoms with Crippen molar-refractivity contribution in [1.29, 1.82) is 0 Å². The number of carboxylic acid groups (broad SMARTS) is 1. The molecule has 5 heteroatoms. The smallest absolute Gasteiger partial charge is 0.407 e. The van der Waals surface area contributed by atoms with E-state index in [0.29, 0.717) is 6.54 Å². The maximum Gasteiger partial charge on any atom is 0.407 e. The van der Waals surface area contributed by atoms with Crippen molar-refractivity contribution in [1.82, 2.24) is 9.80 Å². The van der Waals surface area contributed by atoms with E-state index in [-0.39, 0.29) is 6.10 Å². The van der Waals surface area contributed by atoms with Crippen molar-refractivity contribution in [2.45, 2.75) is 19.2 Å². The van der Waals surface area contributed by atoms with Crippen LogP contribution in [0.5, 0.6) is 0 Å². The summed E-state index contributed by atoms with van der Waals surface area (Å²) in [5.41, 5.74) is 2.16. The van der Waals surface area contributed by atoms with Crippen LogP contribution in [-0.2, 0) is 13.1 Å². The molecule has 0 unspecified atom stereocenters. The summed E-state index contributed by atoms with van der Waals surface area (Å²) >= 11 is 0. The van der Waals surface area contributed by atoms with Crippen molar-refractivity contribution in [2.24, 2.45) is 0 Å². The molecule has 0 saturated carbocycles. The molecule has 0 bridgehead atoms. The summed E-state index contributed by atoms with van der Waals surface area (Å²) < 4.78 is 0. The monoisotopic (exact) mass is 250 g/mol. The Bertz CT molecular complexity index is 413. The predicted octanol–water partition coefficient (Wildman–Crippen LogP) is 0.973.